The number of aryl methyl sites for hydroxylation is 1. The van der Waals surface area contributed by atoms with Crippen molar-refractivity contribution in [1.82, 2.24) is 0 Å². The number of ketones is 1. The number of hydrogen-bond donors (Lipinski definition) is 0. The van der Waals surface area contributed by atoms with Gasteiger partial charge in [-0.1, -0.05) is 51.0 Å². The molecule has 0 N–H and O–H groups in total. The highest BCUT2D eigenvalue weighted by Gasteiger charge is 2.34. The van der Waals surface area contributed by atoms with E-state index in [1.807, 2.05) is 6.92 Å². The maximum atomic E-state index is 12.2. The second kappa shape index (κ2) is 6.36. The van der Waals surface area contributed by atoms with Crippen molar-refractivity contribution in [2.45, 2.75) is 58.8 Å². The van der Waals surface area contributed by atoms with E-state index in [1.165, 1.54) is 30.4 Å². The van der Waals surface area contributed by atoms with Crippen molar-refractivity contribution in [2.24, 2.45) is 11.8 Å². The lowest BCUT2D eigenvalue weighted by molar-refractivity contribution is -0.125. The fourth-order valence-electron chi connectivity index (χ4n) is 3.75. The normalized spacial score (nSPS) is 25.0. The van der Waals surface area contributed by atoms with Crippen LogP contribution < -0.4 is 0 Å². The van der Waals surface area contributed by atoms with Gasteiger partial charge in [0.15, 0.2) is 0 Å². The van der Waals surface area contributed by atoms with Gasteiger partial charge in [0, 0.05) is 12.3 Å². The third-order valence-electron chi connectivity index (χ3n) is 4.90. The number of Topliss-reactive ketones (excluding diaryl/α,β-unsaturated/α-hetero) is 1. The molecule has 0 heterocycles. The molecular weight excluding hydrogens is 232 g/mol. The maximum Gasteiger partial charge on any atom is 0.135 e. The molecule has 1 nitrogen and oxygen atoms in total. The summed E-state index contributed by atoms with van der Waals surface area (Å²) < 4.78 is 0. The number of benzene rings is 1. The molecule has 1 aliphatic rings. The van der Waals surface area contributed by atoms with Crippen molar-refractivity contribution >= 4 is 5.78 Å². The second-order valence-corrected chi connectivity index (χ2v) is 6.02. The van der Waals surface area contributed by atoms with E-state index in [-0.39, 0.29) is 0 Å². The van der Waals surface area contributed by atoms with E-state index in [4.69, 9.17) is 0 Å². The van der Waals surface area contributed by atoms with Gasteiger partial charge in [0.05, 0.1) is 0 Å². The maximum absolute atomic E-state index is 12.2. The van der Waals surface area contributed by atoms with Crippen LogP contribution in [0.1, 0.15) is 63.0 Å². The predicted octanol–water partition coefficient (Wildman–Crippen LogP) is 4.88. The summed E-state index contributed by atoms with van der Waals surface area (Å²) in [5, 5.41) is 0. The van der Waals surface area contributed by atoms with Gasteiger partial charge in [-0.25, -0.2) is 0 Å². The largest absolute Gasteiger partial charge is 0.299 e. The molecule has 1 aliphatic carbocycles. The Balaban J connectivity index is 2.22. The zero-order chi connectivity index (χ0) is 13.8. The van der Waals surface area contributed by atoms with Crippen molar-refractivity contribution in [2.75, 3.05) is 0 Å². The number of carbonyl (C=O) groups is 1. The highest BCUT2D eigenvalue weighted by atomic mass is 16.1. The minimum absolute atomic E-state index is 0.299. The topological polar surface area (TPSA) is 17.1 Å². The van der Waals surface area contributed by atoms with Crippen molar-refractivity contribution in [1.29, 1.82) is 0 Å². The molecule has 1 heteroatoms. The Morgan fingerprint density at radius 3 is 2.63 bits per heavy atom. The summed E-state index contributed by atoms with van der Waals surface area (Å²) in [6.45, 7) is 6.51. The van der Waals surface area contributed by atoms with E-state index in [1.54, 1.807) is 0 Å². The van der Waals surface area contributed by atoms with Crippen molar-refractivity contribution in [3.05, 3.63) is 35.4 Å². The molecule has 1 saturated carbocycles. The zero-order valence-electron chi connectivity index (χ0n) is 12.5. The van der Waals surface area contributed by atoms with Crippen LogP contribution in [0.3, 0.4) is 0 Å². The van der Waals surface area contributed by atoms with Crippen LogP contribution in [-0.2, 0) is 4.79 Å². The highest BCUT2D eigenvalue weighted by molar-refractivity contribution is 5.81. The minimum atomic E-state index is 0.299. The minimum Gasteiger partial charge on any atom is -0.299 e. The van der Waals surface area contributed by atoms with Gasteiger partial charge in [-0.3, -0.25) is 4.79 Å². The van der Waals surface area contributed by atoms with Crippen LogP contribution in [0.25, 0.3) is 0 Å². The quantitative estimate of drug-likeness (QED) is 0.752. The van der Waals surface area contributed by atoms with Crippen molar-refractivity contribution < 1.29 is 4.79 Å². The third-order valence-corrected chi connectivity index (χ3v) is 4.90. The number of rotatable bonds is 4. The fraction of sp³-hybridized carbons (Fsp3) is 0.611. The van der Waals surface area contributed by atoms with E-state index in [0.717, 1.165) is 6.42 Å². The Morgan fingerprint density at radius 1 is 1.26 bits per heavy atom. The Labute approximate surface area is 117 Å². The molecule has 0 radical (unpaired) electrons. The lowest BCUT2D eigenvalue weighted by Gasteiger charge is -2.35. The molecular formula is C18H26O. The van der Waals surface area contributed by atoms with Crippen LogP contribution in [0, 0.1) is 18.8 Å². The first-order valence-electron chi connectivity index (χ1n) is 7.73. The smallest absolute Gasteiger partial charge is 0.135 e. The van der Waals surface area contributed by atoms with E-state index in [9.17, 15) is 4.79 Å². The summed E-state index contributed by atoms with van der Waals surface area (Å²) >= 11 is 0. The standard InChI is InChI=1S/C18H26O/c1-4-18(19)17-12-8-7-11-16(17)14(3)15-10-6-5-9-13(15)2/h5-6,9-10,14,16-17H,4,7-8,11-12H2,1-3H3. The Morgan fingerprint density at radius 2 is 1.95 bits per heavy atom. The van der Waals surface area contributed by atoms with E-state index >= 15 is 0 Å². The van der Waals surface area contributed by atoms with Gasteiger partial charge in [0.1, 0.15) is 5.78 Å². The fourth-order valence-corrected chi connectivity index (χ4v) is 3.75. The molecule has 0 bridgehead atoms. The van der Waals surface area contributed by atoms with Gasteiger partial charge in [-0.15, -0.1) is 0 Å². The summed E-state index contributed by atoms with van der Waals surface area (Å²) in [4.78, 5) is 12.2. The Kier molecular flexibility index (Phi) is 4.79. The molecule has 0 amide bonds. The molecule has 3 atom stereocenters. The first-order chi connectivity index (χ1) is 9.15. The van der Waals surface area contributed by atoms with E-state index in [2.05, 4.69) is 38.1 Å². The van der Waals surface area contributed by atoms with Crippen molar-refractivity contribution in [3.8, 4) is 0 Å². The molecule has 19 heavy (non-hydrogen) atoms. The highest BCUT2D eigenvalue weighted by Crippen LogP contribution is 2.41. The van der Waals surface area contributed by atoms with Crippen LogP contribution in [0.5, 0.6) is 0 Å². The van der Waals surface area contributed by atoms with Crippen LogP contribution >= 0.6 is 0 Å². The molecule has 3 unspecified atom stereocenters. The average molecular weight is 258 g/mol. The van der Waals surface area contributed by atoms with Gasteiger partial charge in [0.2, 0.25) is 0 Å². The van der Waals surface area contributed by atoms with E-state index in [0.29, 0.717) is 30.0 Å². The predicted molar refractivity (Wildman–Crippen MR) is 80.3 cm³/mol. The molecule has 0 aromatic heterocycles. The lowest BCUT2D eigenvalue weighted by Crippen LogP contribution is -2.30. The Bertz CT molecular complexity index is 435. The first-order valence-corrected chi connectivity index (χ1v) is 7.73. The first kappa shape index (κ1) is 14.3. The van der Waals surface area contributed by atoms with Gasteiger partial charge >= 0.3 is 0 Å². The summed E-state index contributed by atoms with van der Waals surface area (Å²) in [5.74, 6) is 1.82. The van der Waals surface area contributed by atoms with Gasteiger partial charge in [-0.2, -0.15) is 0 Å². The molecule has 104 valence electrons. The average Bonchev–Trinajstić information content (AvgIpc) is 2.46. The van der Waals surface area contributed by atoms with Gasteiger partial charge in [-0.05, 0) is 42.7 Å². The second-order valence-electron chi connectivity index (χ2n) is 6.02. The molecule has 1 aromatic carbocycles. The third kappa shape index (κ3) is 3.08. The molecule has 1 aromatic rings. The van der Waals surface area contributed by atoms with Crippen LogP contribution in [-0.4, -0.2) is 5.78 Å². The molecule has 1 fully saturated rings. The number of hydrogen-bond acceptors (Lipinski definition) is 1. The van der Waals surface area contributed by atoms with Crippen LogP contribution in [0.4, 0.5) is 0 Å². The zero-order valence-corrected chi connectivity index (χ0v) is 12.5. The Hall–Kier alpha value is -1.11. The summed E-state index contributed by atoms with van der Waals surface area (Å²) in [7, 11) is 0. The van der Waals surface area contributed by atoms with Crippen LogP contribution in [0.15, 0.2) is 24.3 Å². The monoisotopic (exact) mass is 258 g/mol. The van der Waals surface area contributed by atoms with Gasteiger partial charge < -0.3 is 0 Å². The molecule has 0 aliphatic heterocycles. The lowest BCUT2D eigenvalue weighted by atomic mass is 9.68. The van der Waals surface area contributed by atoms with Gasteiger partial charge in [0.25, 0.3) is 0 Å². The van der Waals surface area contributed by atoms with E-state index < -0.39 is 0 Å². The van der Waals surface area contributed by atoms with Crippen LogP contribution in [0.2, 0.25) is 0 Å². The number of carbonyl (C=O) groups excluding carboxylic acids is 1. The summed E-state index contributed by atoms with van der Waals surface area (Å²) in [6, 6.07) is 8.65. The molecule has 0 spiro atoms. The summed E-state index contributed by atoms with van der Waals surface area (Å²) in [5.41, 5.74) is 2.80. The summed E-state index contributed by atoms with van der Waals surface area (Å²) in [6.07, 6.45) is 5.53. The van der Waals surface area contributed by atoms with Crippen molar-refractivity contribution in [3.63, 3.8) is 0 Å². The molecule has 0 saturated heterocycles. The SMILES string of the molecule is CCC(=O)C1CCCCC1C(C)c1ccccc1C. The molecule has 2 rings (SSSR count).